The highest BCUT2D eigenvalue weighted by atomic mass is 15.3. The van der Waals surface area contributed by atoms with Crippen LogP contribution in [0, 0.1) is 13.8 Å². The Morgan fingerprint density at radius 3 is 2.35 bits per heavy atom. The molecule has 1 aromatic carbocycles. The van der Waals surface area contributed by atoms with Gasteiger partial charge in [0.2, 0.25) is 0 Å². The molecule has 0 N–H and O–H groups in total. The quantitative estimate of drug-likeness (QED) is 0.725. The largest absolute Gasteiger partial charge is 0.353 e. The van der Waals surface area contributed by atoms with Gasteiger partial charge in [-0.1, -0.05) is 30.3 Å². The van der Waals surface area contributed by atoms with Crippen LogP contribution < -0.4 is 4.90 Å². The minimum atomic E-state index is 0.778. The molecule has 26 heavy (non-hydrogen) atoms. The lowest BCUT2D eigenvalue weighted by Gasteiger charge is -2.35. The van der Waals surface area contributed by atoms with Crippen LogP contribution in [0.25, 0.3) is 5.82 Å². The molecular weight excluding hydrogens is 324 g/mol. The normalized spacial score (nSPS) is 15.4. The summed E-state index contributed by atoms with van der Waals surface area (Å²) >= 11 is 0. The summed E-state index contributed by atoms with van der Waals surface area (Å²) in [6, 6.07) is 12.7. The Hall–Kier alpha value is -2.73. The van der Waals surface area contributed by atoms with Crippen molar-refractivity contribution in [3.05, 3.63) is 65.7 Å². The smallest absolute Gasteiger partial charge is 0.174 e. The Labute approximate surface area is 154 Å². The van der Waals surface area contributed by atoms with E-state index in [-0.39, 0.29) is 0 Å². The Kier molecular flexibility index (Phi) is 4.67. The zero-order valence-electron chi connectivity index (χ0n) is 15.3. The molecule has 0 radical (unpaired) electrons. The summed E-state index contributed by atoms with van der Waals surface area (Å²) in [4.78, 5) is 14.0. The van der Waals surface area contributed by atoms with E-state index in [2.05, 4.69) is 56.3 Å². The molecule has 3 aromatic rings. The van der Waals surface area contributed by atoms with Crippen molar-refractivity contribution in [1.82, 2.24) is 24.6 Å². The Balaban J connectivity index is 1.43. The van der Waals surface area contributed by atoms with Gasteiger partial charge in [0.05, 0.1) is 18.1 Å². The molecule has 0 amide bonds. The number of anilines is 1. The first-order valence-corrected chi connectivity index (χ1v) is 9.06. The topological polar surface area (TPSA) is 50.1 Å². The van der Waals surface area contributed by atoms with Gasteiger partial charge in [0.15, 0.2) is 5.82 Å². The van der Waals surface area contributed by atoms with Crippen LogP contribution in [0.1, 0.15) is 17.0 Å². The van der Waals surface area contributed by atoms with Gasteiger partial charge in [-0.05, 0) is 25.5 Å². The van der Waals surface area contributed by atoms with Crippen molar-refractivity contribution in [2.24, 2.45) is 0 Å². The number of aryl methyl sites for hydroxylation is 2. The van der Waals surface area contributed by atoms with E-state index in [0.29, 0.717) is 0 Å². The fourth-order valence-electron chi connectivity index (χ4n) is 3.44. The standard InChI is InChI=1S/C20H24N6/c1-16-12-17(2)26(23-16)20-14-21-13-19(22-20)25-10-8-24(9-11-25)15-18-6-4-3-5-7-18/h3-7,12-14H,8-11,15H2,1-2H3. The van der Waals surface area contributed by atoms with Crippen LogP contribution in [0.2, 0.25) is 0 Å². The van der Waals surface area contributed by atoms with E-state index in [0.717, 1.165) is 55.7 Å². The van der Waals surface area contributed by atoms with Crippen LogP contribution in [0.4, 0.5) is 5.82 Å². The fraction of sp³-hybridized carbons (Fsp3) is 0.350. The zero-order chi connectivity index (χ0) is 17.9. The molecule has 6 nitrogen and oxygen atoms in total. The van der Waals surface area contributed by atoms with E-state index in [9.17, 15) is 0 Å². The van der Waals surface area contributed by atoms with Gasteiger partial charge in [-0.25, -0.2) is 9.67 Å². The molecule has 1 saturated heterocycles. The SMILES string of the molecule is Cc1cc(C)n(-c2cncc(N3CCN(Cc4ccccc4)CC3)n2)n1. The lowest BCUT2D eigenvalue weighted by molar-refractivity contribution is 0.249. The third kappa shape index (κ3) is 3.60. The second kappa shape index (κ2) is 7.25. The van der Waals surface area contributed by atoms with Crippen molar-refractivity contribution >= 4 is 5.82 Å². The van der Waals surface area contributed by atoms with E-state index in [1.54, 1.807) is 6.20 Å². The summed E-state index contributed by atoms with van der Waals surface area (Å²) in [5.41, 5.74) is 3.43. The molecule has 1 aliphatic rings. The van der Waals surface area contributed by atoms with Crippen LogP contribution in [0.5, 0.6) is 0 Å². The third-order valence-corrected chi connectivity index (χ3v) is 4.78. The maximum atomic E-state index is 4.80. The van der Waals surface area contributed by atoms with E-state index in [4.69, 9.17) is 4.98 Å². The van der Waals surface area contributed by atoms with E-state index < -0.39 is 0 Å². The zero-order valence-corrected chi connectivity index (χ0v) is 15.3. The van der Waals surface area contributed by atoms with Crippen molar-refractivity contribution in [3.63, 3.8) is 0 Å². The predicted octanol–water partition coefficient (Wildman–Crippen LogP) is 2.60. The van der Waals surface area contributed by atoms with Gasteiger partial charge >= 0.3 is 0 Å². The lowest BCUT2D eigenvalue weighted by Crippen LogP contribution is -2.46. The maximum absolute atomic E-state index is 4.80. The lowest BCUT2D eigenvalue weighted by atomic mass is 10.2. The third-order valence-electron chi connectivity index (χ3n) is 4.78. The maximum Gasteiger partial charge on any atom is 0.174 e. The molecule has 0 unspecified atom stereocenters. The van der Waals surface area contributed by atoms with E-state index in [1.165, 1.54) is 5.56 Å². The Morgan fingerprint density at radius 2 is 1.65 bits per heavy atom. The minimum Gasteiger partial charge on any atom is -0.353 e. The Bertz CT molecular complexity index is 865. The fourth-order valence-corrected chi connectivity index (χ4v) is 3.44. The first-order chi connectivity index (χ1) is 12.7. The molecule has 1 fully saturated rings. The molecule has 0 saturated carbocycles. The molecule has 0 spiro atoms. The first kappa shape index (κ1) is 16.7. The van der Waals surface area contributed by atoms with Crippen LogP contribution in [0.15, 0.2) is 48.8 Å². The average Bonchev–Trinajstić information content (AvgIpc) is 3.01. The van der Waals surface area contributed by atoms with Gasteiger partial charge in [-0.15, -0.1) is 0 Å². The Morgan fingerprint density at radius 1 is 0.923 bits per heavy atom. The molecule has 3 heterocycles. The number of rotatable bonds is 4. The van der Waals surface area contributed by atoms with Crippen molar-refractivity contribution < 1.29 is 0 Å². The van der Waals surface area contributed by atoms with Crippen LogP contribution >= 0.6 is 0 Å². The molecular formula is C20H24N6. The highest BCUT2D eigenvalue weighted by Gasteiger charge is 2.19. The number of hydrogen-bond donors (Lipinski definition) is 0. The van der Waals surface area contributed by atoms with E-state index >= 15 is 0 Å². The summed E-state index contributed by atoms with van der Waals surface area (Å²) in [6.45, 7) is 9.02. The van der Waals surface area contributed by atoms with Crippen molar-refractivity contribution in [2.45, 2.75) is 20.4 Å². The summed E-state index contributed by atoms with van der Waals surface area (Å²) in [5.74, 6) is 1.70. The number of aromatic nitrogens is 4. The van der Waals surface area contributed by atoms with Gasteiger partial charge in [-0.3, -0.25) is 9.88 Å². The van der Waals surface area contributed by atoms with Crippen LogP contribution in [-0.2, 0) is 6.54 Å². The summed E-state index contributed by atoms with van der Waals surface area (Å²) in [5, 5.41) is 4.51. The average molecular weight is 348 g/mol. The second-order valence-electron chi connectivity index (χ2n) is 6.82. The first-order valence-electron chi connectivity index (χ1n) is 9.06. The number of benzene rings is 1. The molecule has 6 heteroatoms. The highest BCUT2D eigenvalue weighted by molar-refractivity contribution is 5.40. The summed E-state index contributed by atoms with van der Waals surface area (Å²) in [6.07, 6.45) is 3.62. The molecule has 1 aliphatic heterocycles. The number of piperazine rings is 1. The molecule has 2 aromatic heterocycles. The van der Waals surface area contributed by atoms with Crippen molar-refractivity contribution in [1.29, 1.82) is 0 Å². The van der Waals surface area contributed by atoms with Gasteiger partial charge in [0, 0.05) is 38.4 Å². The number of hydrogen-bond acceptors (Lipinski definition) is 5. The molecule has 134 valence electrons. The van der Waals surface area contributed by atoms with Crippen LogP contribution in [-0.4, -0.2) is 50.8 Å². The van der Waals surface area contributed by atoms with Gasteiger partial charge in [-0.2, -0.15) is 5.10 Å². The predicted molar refractivity (Wildman–Crippen MR) is 103 cm³/mol. The summed E-state index contributed by atoms with van der Waals surface area (Å²) in [7, 11) is 0. The van der Waals surface area contributed by atoms with E-state index in [1.807, 2.05) is 24.7 Å². The summed E-state index contributed by atoms with van der Waals surface area (Å²) < 4.78 is 1.86. The van der Waals surface area contributed by atoms with Gasteiger partial charge in [0.1, 0.15) is 5.82 Å². The molecule has 0 atom stereocenters. The van der Waals surface area contributed by atoms with Gasteiger partial charge < -0.3 is 4.90 Å². The monoisotopic (exact) mass is 348 g/mol. The molecule has 4 rings (SSSR count). The molecule has 0 bridgehead atoms. The highest BCUT2D eigenvalue weighted by Crippen LogP contribution is 2.17. The number of nitrogens with zero attached hydrogens (tertiary/aromatic N) is 6. The van der Waals surface area contributed by atoms with Gasteiger partial charge in [0.25, 0.3) is 0 Å². The van der Waals surface area contributed by atoms with Crippen molar-refractivity contribution in [3.8, 4) is 5.82 Å². The minimum absolute atomic E-state index is 0.778. The van der Waals surface area contributed by atoms with Crippen LogP contribution in [0.3, 0.4) is 0 Å². The van der Waals surface area contributed by atoms with Crippen molar-refractivity contribution in [2.75, 3.05) is 31.1 Å². The molecule has 0 aliphatic carbocycles. The second-order valence-corrected chi connectivity index (χ2v) is 6.82.